The first-order chi connectivity index (χ1) is 22.2. The average Bonchev–Trinajstić information content (AvgIpc) is 3.04. The molecule has 2 heterocycles. The molecule has 2 aliphatic rings. The van der Waals surface area contributed by atoms with Crippen molar-refractivity contribution in [1.82, 2.24) is 19.9 Å². The smallest absolute Gasteiger partial charge is 0.253 e. The number of nitrogens with zero attached hydrogens (tertiary/aromatic N) is 3. The summed E-state index contributed by atoms with van der Waals surface area (Å²) in [5.74, 6) is -1.09. The van der Waals surface area contributed by atoms with Crippen LogP contribution in [-0.2, 0) is 17.8 Å². The molecule has 3 aromatic carbocycles. The molecule has 0 radical (unpaired) electrons. The summed E-state index contributed by atoms with van der Waals surface area (Å²) in [6, 6.07) is 18.6. The molecule has 3 aromatic rings. The fourth-order valence-electron chi connectivity index (χ4n) is 6.23. The van der Waals surface area contributed by atoms with E-state index in [9.17, 15) is 23.9 Å². The molecule has 0 spiro atoms. The predicted octanol–water partition coefficient (Wildman–Crippen LogP) is 2.81. The minimum atomic E-state index is -1.33. The fraction of sp³-hybridized carbons (Fsp3) is 0.400. The maximum atomic E-state index is 14.8. The lowest BCUT2D eigenvalue weighted by atomic mass is 9.91. The number of nitrogens with one attached hydrogen (secondary N) is 1. The van der Waals surface area contributed by atoms with Crippen LogP contribution in [0.4, 0.5) is 4.39 Å². The first-order valence-electron chi connectivity index (χ1n) is 16.1. The first-order valence-corrected chi connectivity index (χ1v) is 16.1. The highest BCUT2D eigenvalue weighted by Crippen LogP contribution is 2.23. The van der Waals surface area contributed by atoms with E-state index in [0.29, 0.717) is 69.0 Å². The molecule has 3 atom stereocenters. The molecule has 1 fully saturated rings. The van der Waals surface area contributed by atoms with Crippen LogP contribution in [0.15, 0.2) is 72.8 Å². The van der Waals surface area contributed by atoms with Gasteiger partial charge in [0, 0.05) is 49.9 Å². The number of rotatable bonds is 6. The number of piperazine rings is 1. The zero-order valence-corrected chi connectivity index (χ0v) is 26.5. The number of fused-ring (bicyclic) bond motifs is 4. The number of hydrogen-bond acceptors (Lipinski definition) is 6. The summed E-state index contributed by atoms with van der Waals surface area (Å²) in [6.45, 7) is 4.86. The van der Waals surface area contributed by atoms with Crippen molar-refractivity contribution < 1.29 is 28.6 Å². The zero-order valence-electron chi connectivity index (χ0n) is 26.5. The van der Waals surface area contributed by atoms with Gasteiger partial charge in [-0.1, -0.05) is 43.3 Å². The summed E-state index contributed by atoms with van der Waals surface area (Å²) in [5.41, 5.74) is 2.13. The molecule has 0 aliphatic carbocycles. The summed E-state index contributed by atoms with van der Waals surface area (Å²) in [7, 11) is 1.78. The molecule has 3 unspecified atom stereocenters. The quantitative estimate of drug-likeness (QED) is 0.408. The van der Waals surface area contributed by atoms with Crippen molar-refractivity contribution in [2.45, 2.75) is 57.3 Å². The normalized spacial score (nSPS) is 20.9. The number of halogens is 1. The lowest BCUT2D eigenvalue weighted by Gasteiger charge is -2.43. The van der Waals surface area contributed by atoms with Crippen molar-refractivity contribution in [2.24, 2.45) is 0 Å². The van der Waals surface area contributed by atoms with E-state index in [4.69, 9.17) is 4.74 Å². The van der Waals surface area contributed by atoms with Crippen LogP contribution in [0.25, 0.3) is 0 Å². The summed E-state index contributed by atoms with van der Waals surface area (Å²) in [5, 5.41) is 14.8. The number of ether oxygens (including phenoxy) is 1. The molecule has 242 valence electrons. The van der Waals surface area contributed by atoms with Gasteiger partial charge in [-0.05, 0) is 67.1 Å². The second-order valence-corrected chi connectivity index (χ2v) is 12.2. The third-order valence-electron chi connectivity index (χ3n) is 8.66. The third-order valence-corrected chi connectivity index (χ3v) is 8.66. The van der Waals surface area contributed by atoms with Crippen molar-refractivity contribution >= 4 is 25.7 Å². The van der Waals surface area contributed by atoms with Crippen molar-refractivity contribution in [3.05, 3.63) is 101 Å². The van der Waals surface area contributed by atoms with Gasteiger partial charge in [-0.25, -0.2) is 4.39 Å². The van der Waals surface area contributed by atoms with E-state index in [1.54, 1.807) is 52.9 Å². The van der Waals surface area contributed by atoms with Gasteiger partial charge in [-0.2, -0.15) is 0 Å². The first kappa shape index (κ1) is 33.2. The van der Waals surface area contributed by atoms with Crippen molar-refractivity contribution in [2.75, 3.05) is 32.8 Å². The molecule has 1 saturated heterocycles. The number of aliphatic hydroxyl groups excluding tert-OH is 1. The van der Waals surface area contributed by atoms with Gasteiger partial charge in [-0.3, -0.25) is 14.4 Å². The van der Waals surface area contributed by atoms with Crippen LogP contribution in [0.5, 0.6) is 5.75 Å². The van der Waals surface area contributed by atoms with Gasteiger partial charge >= 0.3 is 0 Å². The highest BCUT2D eigenvalue weighted by atomic mass is 19.1. The van der Waals surface area contributed by atoms with E-state index in [-0.39, 0.29) is 23.8 Å². The Hall–Kier alpha value is -4.22. The highest BCUT2D eigenvalue weighted by molar-refractivity contribution is 6.07. The molecular formula is C35H42BFN4O5. The Morgan fingerprint density at radius 1 is 0.957 bits per heavy atom. The molecule has 2 N–H and O–H groups in total. The number of benzene rings is 3. The Morgan fingerprint density at radius 2 is 1.74 bits per heavy atom. The molecular weight excluding hydrogens is 586 g/mol. The van der Waals surface area contributed by atoms with Crippen molar-refractivity contribution in [3.8, 4) is 5.75 Å². The van der Waals surface area contributed by atoms with E-state index in [1.165, 1.54) is 12.1 Å². The van der Waals surface area contributed by atoms with Gasteiger partial charge in [0.25, 0.3) is 11.8 Å². The third kappa shape index (κ3) is 8.13. The molecule has 4 bridgehead atoms. The highest BCUT2D eigenvalue weighted by Gasteiger charge is 2.41. The van der Waals surface area contributed by atoms with Crippen LogP contribution < -0.4 is 10.1 Å². The summed E-state index contributed by atoms with van der Waals surface area (Å²) in [4.78, 5) is 46.3. The second-order valence-electron chi connectivity index (χ2n) is 12.2. The van der Waals surface area contributed by atoms with Gasteiger partial charge in [0.05, 0.1) is 18.8 Å². The molecule has 11 heteroatoms. The van der Waals surface area contributed by atoms with Gasteiger partial charge in [0.1, 0.15) is 17.6 Å². The van der Waals surface area contributed by atoms with Gasteiger partial charge < -0.3 is 29.8 Å². The number of amides is 3. The van der Waals surface area contributed by atoms with E-state index >= 15 is 0 Å². The second kappa shape index (κ2) is 15.4. The summed E-state index contributed by atoms with van der Waals surface area (Å²) in [6.07, 6.45) is 0.855. The maximum absolute atomic E-state index is 14.8. The van der Waals surface area contributed by atoms with E-state index in [2.05, 4.69) is 5.32 Å². The Labute approximate surface area is 270 Å². The predicted molar refractivity (Wildman–Crippen MR) is 176 cm³/mol. The largest absolute Gasteiger partial charge is 0.493 e. The van der Waals surface area contributed by atoms with Crippen LogP contribution in [0.3, 0.4) is 0 Å². The van der Waals surface area contributed by atoms with Gasteiger partial charge in [-0.15, -0.1) is 0 Å². The van der Waals surface area contributed by atoms with Crippen LogP contribution in [0, 0.1) is 5.82 Å². The number of carbonyl (C=O) groups is 3. The molecule has 9 nitrogen and oxygen atoms in total. The SMILES string of the molecule is BN1CCN(Cc2ccccc2)C(=O)C1C(O)C1Cc2cc(F)cc(c2)OCCCCN(CCC)C(=O)c2cccc(c2)C(=O)N1. The topological polar surface area (TPSA) is 102 Å². The van der Waals surface area contributed by atoms with Gasteiger partial charge in [0.2, 0.25) is 5.91 Å². The summed E-state index contributed by atoms with van der Waals surface area (Å²) < 4.78 is 20.7. The molecule has 3 amide bonds. The lowest BCUT2D eigenvalue weighted by Crippen LogP contribution is -2.64. The standard InChI is InChI=1S/C35H42BFN4O5/c1-2-13-39-14-6-7-17-46-29-19-25(18-28(37)22-29)20-30(38-33(43)26-11-8-12-27(21-26)34(39)44)32(42)31-35(45)40(15-16-41(31)36)23-24-9-4-3-5-10-24/h3-5,8-12,18-19,21-22,30-32,42H,2,6-7,13-17,20,23,36H2,1H3,(H,38,43). The Bertz CT molecular complexity index is 1530. The fourth-order valence-corrected chi connectivity index (χ4v) is 6.23. The molecule has 2 aliphatic heterocycles. The minimum absolute atomic E-state index is 0.0419. The zero-order chi connectivity index (χ0) is 32.6. The Balaban J connectivity index is 1.47. The van der Waals surface area contributed by atoms with Crippen LogP contribution >= 0.6 is 0 Å². The molecule has 46 heavy (non-hydrogen) atoms. The van der Waals surface area contributed by atoms with Gasteiger partial charge in [0.15, 0.2) is 7.98 Å². The number of aliphatic hydroxyl groups is 1. The molecule has 5 rings (SSSR count). The summed E-state index contributed by atoms with van der Waals surface area (Å²) >= 11 is 0. The molecule has 0 aromatic heterocycles. The van der Waals surface area contributed by atoms with E-state index in [0.717, 1.165) is 12.0 Å². The van der Waals surface area contributed by atoms with E-state index < -0.39 is 29.9 Å². The monoisotopic (exact) mass is 628 g/mol. The lowest BCUT2D eigenvalue weighted by molar-refractivity contribution is -0.144. The maximum Gasteiger partial charge on any atom is 0.253 e. The van der Waals surface area contributed by atoms with Crippen LogP contribution in [0.2, 0.25) is 0 Å². The van der Waals surface area contributed by atoms with Crippen LogP contribution in [0.1, 0.15) is 58.0 Å². The Morgan fingerprint density at radius 3 is 2.52 bits per heavy atom. The Kier molecular flexibility index (Phi) is 11.1. The molecule has 0 saturated carbocycles. The van der Waals surface area contributed by atoms with Crippen LogP contribution in [-0.4, -0.2) is 96.4 Å². The van der Waals surface area contributed by atoms with E-state index in [1.807, 2.05) is 37.3 Å². The van der Waals surface area contributed by atoms with Crippen molar-refractivity contribution in [1.29, 1.82) is 0 Å². The minimum Gasteiger partial charge on any atom is -0.493 e. The average molecular weight is 629 g/mol. The van der Waals surface area contributed by atoms with Crippen molar-refractivity contribution in [3.63, 3.8) is 0 Å². The number of carbonyl (C=O) groups excluding carboxylic acids is 3. The number of hydrogen-bond donors (Lipinski definition) is 2.